The predicted molar refractivity (Wildman–Crippen MR) is 140 cm³/mol. The van der Waals surface area contributed by atoms with E-state index in [0.717, 1.165) is 25.9 Å². The number of rotatable bonds is 7. The van der Waals surface area contributed by atoms with Gasteiger partial charge in [-0.15, -0.1) is 0 Å². The van der Waals surface area contributed by atoms with Crippen LogP contribution in [0.25, 0.3) is 11.2 Å². The van der Waals surface area contributed by atoms with Gasteiger partial charge in [-0.25, -0.2) is 10.1 Å². The van der Waals surface area contributed by atoms with E-state index in [1.807, 2.05) is 0 Å². The first-order chi connectivity index (χ1) is 18.4. The van der Waals surface area contributed by atoms with Crippen LogP contribution in [0.1, 0.15) is 23.8 Å². The van der Waals surface area contributed by atoms with Crippen LogP contribution in [-0.4, -0.2) is 88.3 Å². The van der Waals surface area contributed by atoms with Crippen molar-refractivity contribution >= 4 is 43.7 Å². The fraction of sp³-hybridized carbons (Fsp3) is 0.500. The molecule has 1 aromatic carbocycles. The third-order valence-electron chi connectivity index (χ3n) is 7.65. The molecule has 5 atom stereocenters. The van der Waals surface area contributed by atoms with Crippen LogP contribution >= 0.6 is 26.7 Å². The molecule has 1 aliphatic carbocycles. The number of fused-ring (bicyclic) bond motifs is 3. The minimum absolute atomic E-state index is 0.0306. The molecule has 0 amide bonds. The molecule has 3 unspecified atom stereocenters. The number of aryl methyl sites for hydroxylation is 1. The maximum absolute atomic E-state index is 12.1. The first-order valence-corrected chi connectivity index (χ1v) is 16.2. The van der Waals surface area contributed by atoms with E-state index in [1.54, 1.807) is 0 Å². The largest absolute Gasteiger partial charge is 0.387 e. The van der Waals surface area contributed by atoms with Crippen LogP contribution in [0.15, 0.2) is 30.6 Å². The number of ether oxygens (including phenoxy) is 1. The zero-order valence-corrected chi connectivity index (χ0v) is 23.0. The number of hydrogen-bond acceptors (Lipinski definition) is 9. The van der Waals surface area contributed by atoms with E-state index in [9.17, 15) is 24.2 Å². The molecule has 210 valence electrons. The molecule has 1 spiro atoms. The molecule has 0 bridgehead atoms. The van der Waals surface area contributed by atoms with Crippen LogP contribution in [0.2, 0.25) is 5.28 Å². The van der Waals surface area contributed by atoms with Crippen molar-refractivity contribution < 1.29 is 38.8 Å². The molecule has 2 aromatic heterocycles. The quantitative estimate of drug-likeness (QED) is 0.164. The average Bonchev–Trinajstić information content (AvgIpc) is 3.50. The van der Waals surface area contributed by atoms with E-state index in [1.165, 1.54) is 22.0 Å². The first-order valence-electron chi connectivity index (χ1n) is 12.2. The van der Waals surface area contributed by atoms with Gasteiger partial charge in [0.15, 0.2) is 23.2 Å². The van der Waals surface area contributed by atoms with Crippen molar-refractivity contribution in [2.24, 2.45) is 0 Å². The van der Waals surface area contributed by atoms with Gasteiger partial charge in [0.2, 0.25) is 5.28 Å². The van der Waals surface area contributed by atoms with Crippen LogP contribution in [0.3, 0.4) is 0 Å². The summed E-state index contributed by atoms with van der Waals surface area (Å²) in [6.07, 6.45) is -1.82. The SMILES string of the molecule is O=P(O)(O)CP(=O)(O)NC[C@H]1O[C@@H](n2cnc3c(N4CC5(CCc6ccccc65)C4)nc(Cl)nc32)C(O)C1O. The second-order valence-corrected chi connectivity index (χ2v) is 14.9. The number of nitrogens with zero attached hydrogens (tertiary/aromatic N) is 5. The van der Waals surface area contributed by atoms with E-state index in [-0.39, 0.29) is 16.3 Å². The summed E-state index contributed by atoms with van der Waals surface area (Å²) in [6, 6.07) is 8.44. The number of aliphatic hydroxyl groups excluding tert-OH is 2. The van der Waals surface area contributed by atoms with Gasteiger partial charge in [-0.05, 0) is 35.6 Å². The molecule has 0 radical (unpaired) electrons. The molecular weight excluding hydrogens is 574 g/mol. The third-order valence-corrected chi connectivity index (χ3v) is 11.5. The van der Waals surface area contributed by atoms with Crippen LogP contribution < -0.4 is 9.99 Å². The zero-order chi connectivity index (χ0) is 27.7. The second kappa shape index (κ2) is 9.56. The maximum atomic E-state index is 12.1. The van der Waals surface area contributed by atoms with Crippen molar-refractivity contribution in [3.8, 4) is 0 Å². The van der Waals surface area contributed by atoms with E-state index >= 15 is 0 Å². The smallest absolute Gasteiger partial charge is 0.336 e. The second-order valence-electron chi connectivity index (χ2n) is 10.4. The Morgan fingerprint density at radius 2 is 1.87 bits per heavy atom. The molecule has 2 aliphatic heterocycles. The Hall–Kier alpha value is -1.96. The number of aliphatic hydroxyl groups is 2. The van der Waals surface area contributed by atoms with Crippen molar-refractivity contribution in [2.45, 2.75) is 42.8 Å². The normalized spacial score (nSPS) is 27.6. The number of aromatic nitrogens is 4. The Bertz CT molecular complexity index is 1530. The summed E-state index contributed by atoms with van der Waals surface area (Å²) in [6.45, 7) is 1.03. The molecule has 2 fully saturated rings. The van der Waals surface area contributed by atoms with Gasteiger partial charge in [0.05, 0.1) is 6.33 Å². The molecule has 14 nitrogen and oxygen atoms in total. The Balaban J connectivity index is 1.22. The third kappa shape index (κ3) is 4.93. The van der Waals surface area contributed by atoms with E-state index in [4.69, 9.17) is 26.1 Å². The number of anilines is 1. The van der Waals surface area contributed by atoms with Crippen molar-refractivity contribution in [3.05, 3.63) is 47.0 Å². The molecule has 3 aromatic rings. The highest BCUT2D eigenvalue weighted by Gasteiger charge is 2.50. The minimum atomic E-state index is -4.77. The molecule has 4 heterocycles. The average molecular weight is 601 g/mol. The molecule has 2 saturated heterocycles. The lowest BCUT2D eigenvalue weighted by Gasteiger charge is -2.49. The topological polar surface area (TPSA) is 203 Å². The molecule has 3 aliphatic rings. The summed E-state index contributed by atoms with van der Waals surface area (Å²) >= 11 is 6.29. The van der Waals surface area contributed by atoms with E-state index in [2.05, 4.69) is 49.2 Å². The lowest BCUT2D eigenvalue weighted by atomic mass is 9.75. The van der Waals surface area contributed by atoms with Gasteiger partial charge in [-0.1, -0.05) is 24.3 Å². The van der Waals surface area contributed by atoms with E-state index in [0.29, 0.717) is 11.3 Å². The van der Waals surface area contributed by atoms with Gasteiger partial charge >= 0.3 is 7.60 Å². The highest BCUT2D eigenvalue weighted by Crippen LogP contribution is 2.52. The van der Waals surface area contributed by atoms with Gasteiger partial charge in [0, 0.05) is 25.0 Å². The fourth-order valence-electron chi connectivity index (χ4n) is 5.87. The minimum Gasteiger partial charge on any atom is -0.387 e. The van der Waals surface area contributed by atoms with Crippen molar-refractivity contribution in [3.63, 3.8) is 0 Å². The Morgan fingerprint density at radius 3 is 2.62 bits per heavy atom. The summed E-state index contributed by atoms with van der Waals surface area (Å²) in [7, 11) is -9.20. The lowest BCUT2D eigenvalue weighted by Crippen LogP contribution is -2.58. The van der Waals surface area contributed by atoms with Gasteiger partial charge < -0.3 is 34.5 Å². The number of nitrogens with one attached hydrogen (secondary N) is 1. The molecule has 39 heavy (non-hydrogen) atoms. The van der Waals surface area contributed by atoms with E-state index < -0.39 is 52.1 Å². The lowest BCUT2D eigenvalue weighted by molar-refractivity contribution is -0.0331. The van der Waals surface area contributed by atoms with Crippen LogP contribution in [0.4, 0.5) is 5.82 Å². The van der Waals surface area contributed by atoms with Crippen molar-refractivity contribution in [1.82, 2.24) is 24.6 Å². The molecule has 6 N–H and O–H groups in total. The van der Waals surface area contributed by atoms with Gasteiger partial charge in [0.25, 0.3) is 7.52 Å². The summed E-state index contributed by atoms with van der Waals surface area (Å²) in [4.78, 5) is 43.1. The monoisotopic (exact) mass is 600 g/mol. The Kier molecular flexibility index (Phi) is 6.67. The summed E-state index contributed by atoms with van der Waals surface area (Å²) in [5, 5.41) is 23.4. The summed E-state index contributed by atoms with van der Waals surface area (Å²) < 4.78 is 30.4. The molecular formula is C22H27ClN6O8P2. The molecule has 17 heteroatoms. The predicted octanol–water partition coefficient (Wildman–Crippen LogP) is 0.713. The Labute approximate surface area is 227 Å². The zero-order valence-electron chi connectivity index (χ0n) is 20.4. The standard InChI is InChI=1S/C22H27ClN6O8P2/c23-21-26-18(28-8-22(9-28)6-5-12-3-1-2-4-13(12)22)15-19(27-21)29(10-24-15)20-17(31)16(30)14(37-20)7-25-38(32,33)11-39(34,35)36/h1-4,10,14,16-17,20,30-31H,5-9,11H2,(H2,25,32,33)(H2,34,35,36)/t14-,16?,17?,20-/m1/s1. The molecule has 6 rings (SSSR count). The summed E-state index contributed by atoms with van der Waals surface area (Å²) in [5.74, 6) is -0.730. The number of imidazole rings is 1. The fourth-order valence-corrected chi connectivity index (χ4v) is 8.89. The van der Waals surface area contributed by atoms with Crippen LogP contribution in [0.5, 0.6) is 0 Å². The van der Waals surface area contributed by atoms with Crippen LogP contribution in [-0.2, 0) is 25.7 Å². The number of benzene rings is 1. The van der Waals surface area contributed by atoms with Gasteiger partial charge in [-0.3, -0.25) is 13.7 Å². The first kappa shape index (κ1) is 27.2. The highest BCUT2D eigenvalue weighted by molar-refractivity contribution is 7.71. The Morgan fingerprint density at radius 1 is 1.13 bits per heavy atom. The molecule has 0 saturated carbocycles. The van der Waals surface area contributed by atoms with Crippen molar-refractivity contribution in [1.29, 1.82) is 0 Å². The van der Waals surface area contributed by atoms with Crippen molar-refractivity contribution in [2.75, 3.05) is 30.4 Å². The summed E-state index contributed by atoms with van der Waals surface area (Å²) in [5.41, 5.74) is 3.48. The number of halogens is 1. The highest BCUT2D eigenvalue weighted by atomic mass is 35.5. The maximum Gasteiger partial charge on any atom is 0.336 e. The van der Waals surface area contributed by atoms with Gasteiger partial charge in [0.1, 0.15) is 24.2 Å². The van der Waals surface area contributed by atoms with Crippen LogP contribution in [0, 0.1) is 0 Å². The van der Waals surface area contributed by atoms with Gasteiger partial charge in [-0.2, -0.15) is 9.97 Å². The number of hydrogen-bond donors (Lipinski definition) is 6.